The molecule has 0 saturated heterocycles. The van der Waals surface area contributed by atoms with Crippen LogP contribution < -0.4 is 0 Å². The van der Waals surface area contributed by atoms with E-state index >= 15 is 0 Å². The Morgan fingerprint density at radius 3 is 2.61 bits per heavy atom. The van der Waals surface area contributed by atoms with Crippen LogP contribution in [0.1, 0.15) is 58.6 Å². The van der Waals surface area contributed by atoms with Gasteiger partial charge in [0.1, 0.15) is 0 Å². The van der Waals surface area contributed by atoms with Gasteiger partial charge in [0.25, 0.3) is 0 Å². The molecule has 0 fully saturated rings. The zero-order valence-corrected chi connectivity index (χ0v) is 14.5. The minimum atomic E-state index is -0.904. The van der Waals surface area contributed by atoms with Crippen molar-refractivity contribution >= 4 is 22.4 Å². The molecule has 1 aromatic carbocycles. The summed E-state index contributed by atoms with van der Waals surface area (Å²) < 4.78 is 2.33. The number of rotatable bonds is 7. The number of hydrogen-bond acceptors (Lipinski definition) is 1. The lowest BCUT2D eigenvalue weighted by Crippen LogP contribution is -2.04. The molecule has 3 heteroatoms. The molecule has 0 radical (unpaired) electrons. The summed E-state index contributed by atoms with van der Waals surface area (Å²) in [5.41, 5.74) is 2.95. The number of fused-ring (bicyclic) bond motifs is 1. The number of carboxylic acid groups (broad SMARTS) is 1. The zero-order valence-electron chi connectivity index (χ0n) is 14.5. The van der Waals surface area contributed by atoms with Gasteiger partial charge < -0.3 is 9.67 Å². The Kier molecular flexibility index (Phi) is 5.64. The summed E-state index contributed by atoms with van der Waals surface area (Å²) in [5.74, 6) is -0.144. The number of aromatic nitrogens is 1. The molecular formula is C20H27NO2. The number of carbonyl (C=O) groups is 1. The van der Waals surface area contributed by atoms with Gasteiger partial charge in [-0.05, 0) is 55.5 Å². The van der Waals surface area contributed by atoms with Crippen LogP contribution in [-0.2, 0) is 4.79 Å². The number of allylic oxidation sites excluding steroid dienone is 1. The Balaban J connectivity index is 2.20. The maximum absolute atomic E-state index is 10.8. The molecule has 0 bridgehead atoms. The molecular weight excluding hydrogens is 286 g/mol. The van der Waals surface area contributed by atoms with E-state index in [0.29, 0.717) is 6.04 Å². The van der Waals surface area contributed by atoms with Crippen molar-refractivity contribution in [3.63, 3.8) is 0 Å². The summed E-state index contributed by atoms with van der Waals surface area (Å²) in [4.78, 5) is 10.8. The molecule has 1 N–H and O–H groups in total. The Labute approximate surface area is 138 Å². The average Bonchev–Trinajstić information content (AvgIpc) is 2.88. The first-order chi connectivity index (χ1) is 10.9. The molecule has 1 unspecified atom stereocenters. The van der Waals surface area contributed by atoms with Gasteiger partial charge in [0.05, 0.1) is 0 Å². The second-order valence-corrected chi connectivity index (χ2v) is 6.84. The van der Waals surface area contributed by atoms with Crippen molar-refractivity contribution in [3.8, 4) is 0 Å². The predicted octanol–water partition coefficient (Wildman–Crippen LogP) is 5.52. The quantitative estimate of drug-likeness (QED) is 0.684. The Bertz CT molecular complexity index is 710. The lowest BCUT2D eigenvalue weighted by molar-refractivity contribution is -0.131. The fourth-order valence-electron chi connectivity index (χ4n) is 3.02. The van der Waals surface area contributed by atoms with Crippen molar-refractivity contribution in [2.75, 3.05) is 0 Å². The van der Waals surface area contributed by atoms with E-state index in [1.165, 1.54) is 30.9 Å². The minimum absolute atomic E-state index is 0.479. The number of benzene rings is 1. The standard InChI is InChI=1S/C20H27NO2/c1-14(2)6-5-7-16(4)21-11-10-18-13-17(8-9-19(18)21)15(3)12-20(22)23/h8-14,16H,5-7H2,1-4H3,(H,22,23)/b15-12+. The number of carboxylic acids is 1. The van der Waals surface area contributed by atoms with Crippen LogP contribution >= 0.6 is 0 Å². The molecule has 2 rings (SSSR count). The third-order valence-corrected chi connectivity index (χ3v) is 4.39. The lowest BCUT2D eigenvalue weighted by Gasteiger charge is -2.16. The normalized spacial score (nSPS) is 13.7. The Morgan fingerprint density at radius 2 is 1.96 bits per heavy atom. The van der Waals surface area contributed by atoms with Gasteiger partial charge in [-0.1, -0.05) is 32.8 Å². The van der Waals surface area contributed by atoms with E-state index in [4.69, 9.17) is 5.11 Å². The highest BCUT2D eigenvalue weighted by Gasteiger charge is 2.10. The molecule has 1 heterocycles. The van der Waals surface area contributed by atoms with Crippen molar-refractivity contribution in [3.05, 3.63) is 42.1 Å². The first-order valence-corrected chi connectivity index (χ1v) is 8.40. The van der Waals surface area contributed by atoms with Gasteiger partial charge >= 0.3 is 5.97 Å². The van der Waals surface area contributed by atoms with Gasteiger partial charge in [0.15, 0.2) is 0 Å². The van der Waals surface area contributed by atoms with E-state index in [-0.39, 0.29) is 0 Å². The van der Waals surface area contributed by atoms with Crippen LogP contribution in [0.2, 0.25) is 0 Å². The molecule has 0 amide bonds. The molecule has 0 aliphatic rings. The van der Waals surface area contributed by atoms with Crippen LogP contribution in [0.15, 0.2) is 36.5 Å². The molecule has 0 aliphatic carbocycles. The van der Waals surface area contributed by atoms with E-state index in [1.54, 1.807) is 0 Å². The van der Waals surface area contributed by atoms with Crippen LogP contribution in [0.5, 0.6) is 0 Å². The summed E-state index contributed by atoms with van der Waals surface area (Å²) in [6, 6.07) is 8.78. The maximum atomic E-state index is 10.8. The largest absolute Gasteiger partial charge is 0.478 e. The van der Waals surface area contributed by atoms with Crippen molar-refractivity contribution in [1.82, 2.24) is 4.57 Å². The fraction of sp³-hybridized carbons (Fsp3) is 0.450. The second-order valence-electron chi connectivity index (χ2n) is 6.84. The summed E-state index contributed by atoms with van der Waals surface area (Å²) in [6.07, 6.45) is 7.10. The molecule has 0 spiro atoms. The lowest BCUT2D eigenvalue weighted by atomic mass is 10.0. The molecule has 2 aromatic rings. The van der Waals surface area contributed by atoms with Crippen LogP contribution in [0.25, 0.3) is 16.5 Å². The first kappa shape index (κ1) is 17.3. The number of aliphatic carboxylic acids is 1. The summed E-state index contributed by atoms with van der Waals surface area (Å²) in [6.45, 7) is 8.64. The van der Waals surface area contributed by atoms with Gasteiger partial charge in [0, 0.05) is 29.2 Å². The van der Waals surface area contributed by atoms with Crippen LogP contribution in [0.3, 0.4) is 0 Å². The van der Waals surface area contributed by atoms with Gasteiger partial charge in [-0.2, -0.15) is 0 Å². The van der Waals surface area contributed by atoms with E-state index in [1.807, 2.05) is 13.0 Å². The summed E-state index contributed by atoms with van der Waals surface area (Å²) >= 11 is 0. The Hall–Kier alpha value is -2.03. The van der Waals surface area contributed by atoms with Gasteiger partial charge in [-0.15, -0.1) is 0 Å². The number of nitrogens with zero attached hydrogens (tertiary/aromatic N) is 1. The molecule has 124 valence electrons. The van der Waals surface area contributed by atoms with E-state index in [2.05, 4.69) is 49.7 Å². The highest BCUT2D eigenvalue weighted by Crippen LogP contribution is 2.26. The highest BCUT2D eigenvalue weighted by molar-refractivity contribution is 5.91. The molecule has 0 aliphatic heterocycles. The van der Waals surface area contributed by atoms with Crippen LogP contribution in [0, 0.1) is 5.92 Å². The third kappa shape index (κ3) is 4.47. The van der Waals surface area contributed by atoms with Crippen molar-refractivity contribution in [2.24, 2.45) is 5.92 Å². The van der Waals surface area contributed by atoms with Crippen molar-refractivity contribution < 1.29 is 9.90 Å². The van der Waals surface area contributed by atoms with Crippen molar-refractivity contribution in [2.45, 2.75) is 53.0 Å². The molecule has 23 heavy (non-hydrogen) atoms. The zero-order chi connectivity index (χ0) is 17.0. The predicted molar refractivity (Wildman–Crippen MR) is 96.6 cm³/mol. The molecule has 1 atom stereocenters. The Morgan fingerprint density at radius 1 is 1.22 bits per heavy atom. The highest BCUT2D eigenvalue weighted by atomic mass is 16.4. The smallest absolute Gasteiger partial charge is 0.328 e. The van der Waals surface area contributed by atoms with Crippen LogP contribution in [0.4, 0.5) is 0 Å². The van der Waals surface area contributed by atoms with Gasteiger partial charge in [-0.3, -0.25) is 0 Å². The topological polar surface area (TPSA) is 42.2 Å². The maximum Gasteiger partial charge on any atom is 0.328 e. The van der Waals surface area contributed by atoms with Crippen LogP contribution in [-0.4, -0.2) is 15.6 Å². The first-order valence-electron chi connectivity index (χ1n) is 8.40. The van der Waals surface area contributed by atoms with Gasteiger partial charge in [0.2, 0.25) is 0 Å². The summed E-state index contributed by atoms with van der Waals surface area (Å²) in [7, 11) is 0. The summed E-state index contributed by atoms with van der Waals surface area (Å²) in [5, 5.41) is 10.0. The molecule has 3 nitrogen and oxygen atoms in total. The minimum Gasteiger partial charge on any atom is -0.478 e. The fourth-order valence-corrected chi connectivity index (χ4v) is 3.02. The van der Waals surface area contributed by atoms with Crippen molar-refractivity contribution in [1.29, 1.82) is 0 Å². The molecule has 1 aromatic heterocycles. The monoisotopic (exact) mass is 313 g/mol. The van der Waals surface area contributed by atoms with E-state index < -0.39 is 5.97 Å². The second kappa shape index (κ2) is 7.49. The van der Waals surface area contributed by atoms with E-state index in [0.717, 1.165) is 22.4 Å². The van der Waals surface area contributed by atoms with Gasteiger partial charge in [-0.25, -0.2) is 4.79 Å². The van der Waals surface area contributed by atoms with E-state index in [9.17, 15) is 4.79 Å². The SMILES string of the molecule is C/C(=C\C(=O)O)c1ccc2c(ccn2C(C)CCCC(C)C)c1. The number of hydrogen-bond donors (Lipinski definition) is 1. The molecule has 0 saturated carbocycles. The third-order valence-electron chi connectivity index (χ3n) is 4.39. The average molecular weight is 313 g/mol.